The van der Waals surface area contributed by atoms with Gasteiger partial charge in [0.25, 0.3) is 5.91 Å². The maximum absolute atomic E-state index is 12.2. The van der Waals surface area contributed by atoms with Crippen LogP contribution < -0.4 is 10.1 Å². The van der Waals surface area contributed by atoms with Gasteiger partial charge in [-0.25, -0.2) is 0 Å². The molecule has 1 aliphatic rings. The highest BCUT2D eigenvalue weighted by molar-refractivity contribution is 7.13. The van der Waals surface area contributed by atoms with Crippen molar-refractivity contribution in [1.82, 2.24) is 15.5 Å². The van der Waals surface area contributed by atoms with Crippen LogP contribution in [-0.4, -0.2) is 23.2 Å². The van der Waals surface area contributed by atoms with Crippen LogP contribution in [0.15, 0.2) is 41.8 Å². The van der Waals surface area contributed by atoms with E-state index in [1.165, 1.54) is 0 Å². The second-order valence-electron chi connectivity index (χ2n) is 4.99. The Morgan fingerprint density at radius 2 is 2.09 bits per heavy atom. The SMILES string of the molecule is COc1ccccc1[C@@H]1NC(=O)c2n[nH]c(-c3cccs3)c21. The zero-order valence-electron chi connectivity index (χ0n) is 11.8. The zero-order chi connectivity index (χ0) is 15.1. The van der Waals surface area contributed by atoms with Gasteiger partial charge in [-0.3, -0.25) is 9.89 Å². The average Bonchev–Trinajstić information content (AvgIpc) is 3.25. The fraction of sp³-hybridized carbons (Fsp3) is 0.125. The minimum Gasteiger partial charge on any atom is -0.496 e. The van der Waals surface area contributed by atoms with Crippen molar-refractivity contribution in [3.8, 4) is 16.3 Å². The predicted octanol–water partition coefficient (Wildman–Crippen LogP) is 2.98. The first-order chi connectivity index (χ1) is 10.8. The highest BCUT2D eigenvalue weighted by Crippen LogP contribution is 2.40. The molecule has 22 heavy (non-hydrogen) atoms. The van der Waals surface area contributed by atoms with Crippen LogP contribution in [-0.2, 0) is 0 Å². The summed E-state index contributed by atoms with van der Waals surface area (Å²) in [6.45, 7) is 0. The Morgan fingerprint density at radius 1 is 1.23 bits per heavy atom. The predicted molar refractivity (Wildman–Crippen MR) is 84.2 cm³/mol. The van der Waals surface area contributed by atoms with Crippen molar-refractivity contribution in [2.45, 2.75) is 6.04 Å². The molecule has 1 atom stereocenters. The number of carbonyl (C=O) groups is 1. The molecule has 1 aliphatic heterocycles. The van der Waals surface area contributed by atoms with Crippen molar-refractivity contribution in [3.63, 3.8) is 0 Å². The lowest BCUT2D eigenvalue weighted by Crippen LogP contribution is -2.21. The topological polar surface area (TPSA) is 67.0 Å². The molecular weight excluding hydrogens is 298 g/mol. The monoisotopic (exact) mass is 311 g/mol. The fourth-order valence-corrected chi connectivity index (χ4v) is 3.56. The number of H-pyrrole nitrogens is 1. The number of para-hydroxylation sites is 1. The van der Waals surface area contributed by atoms with Crippen LogP contribution in [0, 0.1) is 0 Å². The molecule has 2 N–H and O–H groups in total. The molecule has 0 saturated heterocycles. The molecule has 0 fully saturated rings. The molecular formula is C16H13N3O2S. The molecule has 1 aromatic carbocycles. The summed E-state index contributed by atoms with van der Waals surface area (Å²) in [5.74, 6) is 0.587. The van der Waals surface area contributed by atoms with Crippen molar-refractivity contribution in [2.75, 3.05) is 7.11 Å². The molecule has 0 saturated carbocycles. The van der Waals surface area contributed by atoms with Gasteiger partial charge >= 0.3 is 0 Å². The largest absolute Gasteiger partial charge is 0.496 e. The number of carbonyl (C=O) groups excluding carboxylic acids is 1. The zero-order valence-corrected chi connectivity index (χ0v) is 12.6. The quantitative estimate of drug-likeness (QED) is 0.781. The lowest BCUT2D eigenvalue weighted by molar-refractivity contribution is 0.0955. The van der Waals surface area contributed by atoms with Crippen molar-refractivity contribution in [2.24, 2.45) is 0 Å². The Balaban J connectivity index is 1.89. The first-order valence-electron chi connectivity index (χ1n) is 6.85. The average molecular weight is 311 g/mol. The van der Waals surface area contributed by atoms with Gasteiger partial charge in [-0.15, -0.1) is 11.3 Å². The fourth-order valence-electron chi connectivity index (χ4n) is 2.82. The van der Waals surface area contributed by atoms with Crippen molar-refractivity contribution < 1.29 is 9.53 Å². The van der Waals surface area contributed by atoms with Gasteiger partial charge in [0, 0.05) is 11.1 Å². The molecule has 0 bridgehead atoms. The molecule has 2 aromatic heterocycles. The third kappa shape index (κ3) is 1.84. The van der Waals surface area contributed by atoms with Crippen LogP contribution >= 0.6 is 11.3 Å². The lowest BCUT2D eigenvalue weighted by atomic mass is 9.98. The van der Waals surface area contributed by atoms with Gasteiger partial charge in [-0.1, -0.05) is 24.3 Å². The van der Waals surface area contributed by atoms with Crippen molar-refractivity contribution >= 4 is 17.2 Å². The summed E-state index contributed by atoms with van der Waals surface area (Å²) in [5.41, 5.74) is 3.16. The Hall–Kier alpha value is -2.60. The van der Waals surface area contributed by atoms with E-state index in [4.69, 9.17) is 4.74 Å². The summed E-state index contributed by atoms with van der Waals surface area (Å²) in [6, 6.07) is 11.4. The summed E-state index contributed by atoms with van der Waals surface area (Å²) in [5, 5.41) is 12.2. The third-order valence-electron chi connectivity index (χ3n) is 3.80. The smallest absolute Gasteiger partial charge is 0.272 e. The van der Waals surface area contributed by atoms with E-state index in [0.717, 1.165) is 27.4 Å². The van der Waals surface area contributed by atoms with Gasteiger partial charge in [0.2, 0.25) is 0 Å². The van der Waals surface area contributed by atoms with E-state index in [1.807, 2.05) is 41.8 Å². The molecule has 0 aliphatic carbocycles. The second kappa shape index (κ2) is 4.99. The molecule has 3 aromatic rings. The van der Waals surface area contributed by atoms with E-state index >= 15 is 0 Å². The number of rotatable bonds is 3. The maximum atomic E-state index is 12.2. The van der Waals surface area contributed by atoms with Crippen LogP contribution in [0.4, 0.5) is 0 Å². The third-order valence-corrected chi connectivity index (χ3v) is 4.69. The lowest BCUT2D eigenvalue weighted by Gasteiger charge is -2.16. The molecule has 110 valence electrons. The molecule has 3 heterocycles. The summed E-state index contributed by atoms with van der Waals surface area (Å²) >= 11 is 1.61. The number of amides is 1. The molecule has 6 heteroatoms. The molecule has 4 rings (SSSR count). The van der Waals surface area contributed by atoms with E-state index in [2.05, 4.69) is 15.5 Å². The van der Waals surface area contributed by atoms with Gasteiger partial charge in [-0.05, 0) is 17.5 Å². The van der Waals surface area contributed by atoms with E-state index in [0.29, 0.717) is 5.69 Å². The number of benzene rings is 1. The van der Waals surface area contributed by atoms with Gasteiger partial charge in [0.15, 0.2) is 5.69 Å². The minimum absolute atomic E-state index is 0.162. The number of hydrogen-bond acceptors (Lipinski definition) is 4. The number of thiophene rings is 1. The van der Waals surface area contributed by atoms with E-state index in [9.17, 15) is 4.79 Å². The normalized spacial score (nSPS) is 16.4. The van der Waals surface area contributed by atoms with Crippen LogP contribution in [0.25, 0.3) is 10.6 Å². The number of aromatic amines is 1. The van der Waals surface area contributed by atoms with Crippen LogP contribution in [0.5, 0.6) is 5.75 Å². The molecule has 0 spiro atoms. The van der Waals surface area contributed by atoms with E-state index in [-0.39, 0.29) is 11.9 Å². The van der Waals surface area contributed by atoms with Gasteiger partial charge < -0.3 is 10.1 Å². The minimum atomic E-state index is -0.255. The highest BCUT2D eigenvalue weighted by atomic mass is 32.1. The van der Waals surface area contributed by atoms with Crippen LogP contribution in [0.2, 0.25) is 0 Å². The first kappa shape index (κ1) is 13.1. The van der Waals surface area contributed by atoms with Crippen molar-refractivity contribution in [3.05, 3.63) is 58.6 Å². The number of aromatic nitrogens is 2. The number of ether oxygens (including phenoxy) is 1. The summed E-state index contributed by atoms with van der Waals surface area (Å²) < 4.78 is 5.44. The number of hydrogen-bond donors (Lipinski definition) is 2. The summed E-state index contributed by atoms with van der Waals surface area (Å²) in [4.78, 5) is 13.3. The molecule has 0 radical (unpaired) electrons. The molecule has 5 nitrogen and oxygen atoms in total. The number of nitrogens with one attached hydrogen (secondary N) is 2. The van der Waals surface area contributed by atoms with E-state index in [1.54, 1.807) is 18.4 Å². The molecule has 0 unspecified atom stereocenters. The summed E-state index contributed by atoms with van der Waals surface area (Å²) in [6.07, 6.45) is 0. The Bertz CT molecular complexity index is 839. The van der Waals surface area contributed by atoms with Gasteiger partial charge in [-0.2, -0.15) is 5.10 Å². The Morgan fingerprint density at radius 3 is 2.86 bits per heavy atom. The number of fused-ring (bicyclic) bond motifs is 1. The second-order valence-corrected chi connectivity index (χ2v) is 5.93. The van der Waals surface area contributed by atoms with Crippen LogP contribution in [0.1, 0.15) is 27.7 Å². The highest BCUT2D eigenvalue weighted by Gasteiger charge is 2.37. The first-order valence-corrected chi connectivity index (χ1v) is 7.73. The molecule has 1 amide bonds. The van der Waals surface area contributed by atoms with Crippen molar-refractivity contribution in [1.29, 1.82) is 0 Å². The standard InChI is InChI=1S/C16H13N3O2S/c1-21-10-6-3-2-5-9(10)13-12-14(11-7-4-8-22-11)18-19-15(12)16(20)17-13/h2-8,13H,1H3,(H,17,20)(H,18,19)/t13-/m0/s1. The number of nitrogens with zero attached hydrogens (tertiary/aromatic N) is 1. The maximum Gasteiger partial charge on any atom is 0.272 e. The summed E-state index contributed by atoms with van der Waals surface area (Å²) in [7, 11) is 1.63. The van der Waals surface area contributed by atoms with Gasteiger partial charge in [0.05, 0.1) is 23.7 Å². The van der Waals surface area contributed by atoms with Crippen LogP contribution in [0.3, 0.4) is 0 Å². The number of methoxy groups -OCH3 is 1. The Kier molecular flexibility index (Phi) is 2.97. The Labute approximate surface area is 130 Å². The van der Waals surface area contributed by atoms with E-state index < -0.39 is 0 Å². The van der Waals surface area contributed by atoms with Gasteiger partial charge in [0.1, 0.15) is 5.75 Å².